The van der Waals surface area contributed by atoms with Crippen LogP contribution in [0, 0.1) is 0 Å². The summed E-state index contributed by atoms with van der Waals surface area (Å²) in [6.07, 6.45) is 2.77. The molecule has 0 aliphatic heterocycles. The summed E-state index contributed by atoms with van der Waals surface area (Å²) < 4.78 is 9.71. The van der Waals surface area contributed by atoms with Crippen molar-refractivity contribution in [2.24, 2.45) is 0 Å². The first-order chi connectivity index (χ1) is 8.29. The van der Waals surface area contributed by atoms with Gasteiger partial charge in [0.25, 0.3) is 0 Å². The van der Waals surface area contributed by atoms with Gasteiger partial charge in [-0.1, -0.05) is 12.2 Å². The predicted octanol–water partition coefficient (Wildman–Crippen LogP) is 1.50. The van der Waals surface area contributed by atoms with Crippen LogP contribution in [0.25, 0.3) is 0 Å². The van der Waals surface area contributed by atoms with E-state index in [4.69, 9.17) is 4.74 Å². The first kappa shape index (κ1) is 16.4. The Morgan fingerprint density at radius 3 is 1.89 bits per heavy atom. The molecule has 0 N–H and O–H groups in total. The zero-order valence-electron chi connectivity index (χ0n) is 11.8. The molecular weight excluding hydrogens is 234 g/mol. The van der Waals surface area contributed by atoms with Gasteiger partial charge in [-0.3, -0.25) is 4.90 Å². The number of hydrogen-bond donors (Lipinski definition) is 0. The highest BCUT2D eigenvalue weighted by Gasteiger charge is 2.12. The smallest absolute Gasteiger partial charge is 0.335 e. The number of rotatable bonds is 5. The Hall–Kier alpha value is -1.62. The number of nitrogens with zero attached hydrogens (tertiary/aromatic N) is 1. The summed E-state index contributed by atoms with van der Waals surface area (Å²) in [4.78, 5) is 24.5. The lowest BCUT2D eigenvalue weighted by atomic mass is 10.2. The molecule has 0 heterocycles. The number of hydrogen-bond acceptors (Lipinski definition) is 5. The van der Waals surface area contributed by atoms with Crippen molar-refractivity contribution in [3.05, 3.63) is 23.3 Å². The van der Waals surface area contributed by atoms with Crippen molar-refractivity contribution in [3.63, 3.8) is 0 Å². The van der Waals surface area contributed by atoms with Gasteiger partial charge < -0.3 is 9.47 Å². The number of allylic oxidation sites excluding steroid dienone is 2. The molecule has 0 aliphatic rings. The molecule has 0 fully saturated rings. The molecule has 0 spiro atoms. The second-order valence-electron chi connectivity index (χ2n) is 4.16. The molecular formula is C13H21NO4. The van der Waals surface area contributed by atoms with E-state index in [1.165, 1.54) is 19.3 Å². The Morgan fingerprint density at radius 2 is 1.50 bits per heavy atom. The summed E-state index contributed by atoms with van der Waals surface area (Å²) in [5.74, 6) is -0.834. The molecule has 5 heteroatoms. The van der Waals surface area contributed by atoms with Gasteiger partial charge in [-0.15, -0.1) is 0 Å². The lowest BCUT2D eigenvalue weighted by Gasteiger charge is -2.19. The average Bonchev–Trinajstić information content (AvgIpc) is 2.33. The van der Waals surface area contributed by atoms with Crippen molar-refractivity contribution in [1.82, 2.24) is 4.90 Å². The fourth-order valence-electron chi connectivity index (χ4n) is 0.900. The van der Waals surface area contributed by atoms with Crippen LogP contribution in [0.3, 0.4) is 0 Å². The van der Waals surface area contributed by atoms with Gasteiger partial charge >= 0.3 is 11.9 Å². The average molecular weight is 255 g/mol. The van der Waals surface area contributed by atoms with E-state index in [1.54, 1.807) is 25.7 Å². The van der Waals surface area contributed by atoms with Crippen molar-refractivity contribution in [2.75, 3.05) is 21.2 Å². The van der Waals surface area contributed by atoms with Crippen molar-refractivity contribution >= 4 is 11.9 Å². The predicted molar refractivity (Wildman–Crippen MR) is 68.8 cm³/mol. The van der Waals surface area contributed by atoms with E-state index in [9.17, 15) is 9.59 Å². The third-order valence-corrected chi connectivity index (χ3v) is 2.42. The molecule has 0 saturated carbocycles. The van der Waals surface area contributed by atoms with Crippen LogP contribution in [-0.2, 0) is 19.1 Å². The highest BCUT2D eigenvalue weighted by Crippen LogP contribution is 2.04. The van der Waals surface area contributed by atoms with Gasteiger partial charge in [-0.2, -0.15) is 0 Å². The highest BCUT2D eigenvalue weighted by molar-refractivity contribution is 5.90. The minimum absolute atomic E-state index is 0.300. The molecule has 0 aromatic carbocycles. The normalized spacial score (nSPS) is 14.4. The van der Waals surface area contributed by atoms with Gasteiger partial charge in [0.15, 0.2) is 6.23 Å². The quantitative estimate of drug-likeness (QED) is 0.322. The Balaban J connectivity index is 4.60. The van der Waals surface area contributed by atoms with Crippen LogP contribution in [0.4, 0.5) is 0 Å². The molecule has 18 heavy (non-hydrogen) atoms. The zero-order valence-corrected chi connectivity index (χ0v) is 11.8. The largest absolute Gasteiger partial charge is 0.466 e. The molecule has 0 aliphatic carbocycles. The maximum Gasteiger partial charge on any atom is 0.335 e. The molecule has 0 radical (unpaired) electrons. The van der Waals surface area contributed by atoms with Gasteiger partial charge in [-0.05, 0) is 34.9 Å². The van der Waals surface area contributed by atoms with Crippen LogP contribution in [0.2, 0.25) is 0 Å². The fourth-order valence-corrected chi connectivity index (χ4v) is 0.900. The maximum atomic E-state index is 11.6. The standard InChI is InChI=1S/C13H21NO4/c1-9(12(15)17-6)7-8-10(2)13(16)18-11(3)14(4)5/h7-8,11H,1-6H3/b9-7+,10-8+. The first-order valence-corrected chi connectivity index (χ1v) is 5.60. The first-order valence-electron chi connectivity index (χ1n) is 5.60. The Kier molecular flexibility index (Phi) is 6.97. The maximum absolute atomic E-state index is 11.6. The summed E-state index contributed by atoms with van der Waals surface area (Å²) in [6, 6.07) is 0. The number of methoxy groups -OCH3 is 1. The minimum atomic E-state index is -0.422. The molecule has 0 saturated heterocycles. The lowest BCUT2D eigenvalue weighted by Crippen LogP contribution is -2.30. The number of ether oxygens (including phenoxy) is 2. The third kappa shape index (κ3) is 5.63. The molecule has 0 aromatic rings. The Labute approximate surface area is 108 Å². The molecule has 0 rings (SSSR count). The van der Waals surface area contributed by atoms with Crippen LogP contribution in [0.15, 0.2) is 23.3 Å². The molecule has 0 bridgehead atoms. The van der Waals surface area contributed by atoms with E-state index >= 15 is 0 Å². The fraction of sp³-hybridized carbons (Fsp3) is 0.538. The Bertz CT molecular complexity index is 369. The van der Waals surface area contributed by atoms with E-state index in [0.29, 0.717) is 11.1 Å². The number of carbonyl (C=O) groups is 2. The van der Waals surface area contributed by atoms with Crippen molar-refractivity contribution in [1.29, 1.82) is 0 Å². The number of esters is 2. The van der Waals surface area contributed by atoms with Crippen LogP contribution in [0.5, 0.6) is 0 Å². The van der Waals surface area contributed by atoms with Gasteiger partial charge in [0.2, 0.25) is 0 Å². The van der Waals surface area contributed by atoms with E-state index in [1.807, 2.05) is 14.1 Å². The summed E-state index contributed by atoms with van der Waals surface area (Å²) in [7, 11) is 4.94. The number of carbonyl (C=O) groups excluding carboxylic acids is 2. The molecule has 1 atom stereocenters. The van der Waals surface area contributed by atoms with Crippen molar-refractivity contribution in [3.8, 4) is 0 Å². The zero-order chi connectivity index (χ0) is 14.3. The van der Waals surface area contributed by atoms with Crippen molar-refractivity contribution in [2.45, 2.75) is 27.0 Å². The van der Waals surface area contributed by atoms with E-state index < -0.39 is 11.9 Å². The SMILES string of the molecule is COC(=O)/C(C)=C/C=C(\C)C(=O)OC(C)N(C)C. The van der Waals surface area contributed by atoms with Gasteiger partial charge in [0, 0.05) is 11.1 Å². The van der Waals surface area contributed by atoms with Crippen LogP contribution < -0.4 is 0 Å². The minimum Gasteiger partial charge on any atom is -0.466 e. The van der Waals surface area contributed by atoms with Gasteiger partial charge in [0.05, 0.1) is 7.11 Å². The Morgan fingerprint density at radius 1 is 1.06 bits per heavy atom. The highest BCUT2D eigenvalue weighted by atomic mass is 16.6. The summed E-state index contributed by atoms with van der Waals surface area (Å²) in [6.45, 7) is 5.02. The van der Waals surface area contributed by atoms with Crippen LogP contribution in [-0.4, -0.2) is 44.3 Å². The summed E-state index contributed by atoms with van der Waals surface area (Å²) >= 11 is 0. The van der Waals surface area contributed by atoms with E-state index in [-0.39, 0.29) is 6.23 Å². The topological polar surface area (TPSA) is 55.8 Å². The molecule has 0 aromatic heterocycles. The van der Waals surface area contributed by atoms with E-state index in [0.717, 1.165) is 0 Å². The molecule has 5 nitrogen and oxygen atoms in total. The molecule has 102 valence electrons. The summed E-state index contributed by atoms with van der Waals surface area (Å²) in [5, 5.41) is 0. The lowest BCUT2D eigenvalue weighted by molar-refractivity contribution is -0.150. The second kappa shape index (κ2) is 7.66. The third-order valence-electron chi connectivity index (χ3n) is 2.42. The monoisotopic (exact) mass is 255 g/mol. The summed E-state index contributed by atoms with van der Waals surface area (Å²) in [5.41, 5.74) is 0.845. The van der Waals surface area contributed by atoms with Crippen LogP contribution >= 0.6 is 0 Å². The van der Waals surface area contributed by atoms with Crippen LogP contribution in [0.1, 0.15) is 20.8 Å². The second-order valence-corrected chi connectivity index (χ2v) is 4.16. The van der Waals surface area contributed by atoms with Crippen molar-refractivity contribution < 1.29 is 19.1 Å². The van der Waals surface area contributed by atoms with E-state index in [2.05, 4.69) is 4.74 Å². The van der Waals surface area contributed by atoms with Gasteiger partial charge in [0.1, 0.15) is 0 Å². The van der Waals surface area contributed by atoms with Gasteiger partial charge in [-0.25, -0.2) is 9.59 Å². The molecule has 1 unspecified atom stereocenters. The molecule has 0 amide bonds.